The molecule has 0 radical (unpaired) electrons. The molecule has 7 heteroatoms. The molecule has 0 bridgehead atoms. The molecule has 1 saturated heterocycles. The van der Waals surface area contributed by atoms with E-state index < -0.39 is 34.5 Å². The third-order valence-electron chi connectivity index (χ3n) is 5.16. The van der Waals surface area contributed by atoms with Crippen molar-refractivity contribution in [3.63, 3.8) is 0 Å². The van der Waals surface area contributed by atoms with Crippen LogP contribution in [-0.2, 0) is 23.8 Å². The Balaban J connectivity index is 2.24. The molecule has 1 aliphatic carbocycles. The van der Waals surface area contributed by atoms with E-state index in [1.807, 2.05) is 6.07 Å². The number of nitrogens with one attached hydrogen (secondary N) is 1. The first-order valence-electron chi connectivity index (χ1n) is 8.76. The maximum absolute atomic E-state index is 13.0. The Bertz CT molecular complexity index is 753. The van der Waals surface area contributed by atoms with Crippen LogP contribution in [0.1, 0.15) is 32.3 Å². The van der Waals surface area contributed by atoms with Crippen LogP contribution in [-0.4, -0.2) is 37.6 Å². The molecule has 3 rings (SSSR count). The van der Waals surface area contributed by atoms with E-state index in [2.05, 4.69) is 11.4 Å². The largest absolute Gasteiger partial charge is 0.465 e. The van der Waals surface area contributed by atoms with Crippen molar-refractivity contribution in [2.75, 3.05) is 19.8 Å². The highest BCUT2D eigenvalue weighted by atomic mass is 16.7. The van der Waals surface area contributed by atoms with Gasteiger partial charge in [-0.3, -0.25) is 9.59 Å². The molecule has 2 fully saturated rings. The molecule has 0 unspecified atom stereocenters. The first-order chi connectivity index (χ1) is 12.5. The van der Waals surface area contributed by atoms with Gasteiger partial charge in [-0.25, -0.2) is 0 Å². The van der Waals surface area contributed by atoms with Crippen LogP contribution < -0.4 is 5.32 Å². The van der Waals surface area contributed by atoms with Crippen LogP contribution >= 0.6 is 0 Å². The standard InChI is InChI=1S/C19H22N2O5/c1-4-24-16(23)18-14(13-10-8-7-9-11-13)17(18,12-20)19(25-5-2,26-6-3)21-15(18)22/h7-11,14H,4-6H2,1-3H3,(H,21,22)/t14-,17-,18-/m1/s1. The van der Waals surface area contributed by atoms with Crippen molar-refractivity contribution in [2.45, 2.75) is 32.6 Å². The number of carbonyl (C=O) groups excluding carboxylic acids is 2. The second-order valence-corrected chi connectivity index (χ2v) is 6.23. The fourth-order valence-corrected chi connectivity index (χ4v) is 4.32. The van der Waals surface area contributed by atoms with Gasteiger partial charge < -0.3 is 19.5 Å². The van der Waals surface area contributed by atoms with Gasteiger partial charge >= 0.3 is 5.97 Å². The predicted molar refractivity (Wildman–Crippen MR) is 90.4 cm³/mol. The lowest BCUT2D eigenvalue weighted by Gasteiger charge is -2.34. The van der Waals surface area contributed by atoms with E-state index in [1.54, 1.807) is 45.0 Å². The maximum atomic E-state index is 13.0. The van der Waals surface area contributed by atoms with Gasteiger partial charge in [0.15, 0.2) is 10.8 Å². The Morgan fingerprint density at radius 2 is 1.77 bits per heavy atom. The van der Waals surface area contributed by atoms with Gasteiger partial charge in [0.05, 0.1) is 12.7 Å². The first kappa shape index (κ1) is 18.4. The van der Waals surface area contributed by atoms with Crippen molar-refractivity contribution in [1.82, 2.24) is 5.32 Å². The summed E-state index contributed by atoms with van der Waals surface area (Å²) in [6, 6.07) is 11.2. The molecule has 2 aliphatic rings. The van der Waals surface area contributed by atoms with E-state index >= 15 is 0 Å². The van der Waals surface area contributed by atoms with E-state index in [0.717, 1.165) is 0 Å². The fraction of sp³-hybridized carbons (Fsp3) is 0.526. The molecule has 1 aromatic carbocycles. The smallest absolute Gasteiger partial charge is 0.324 e. The van der Waals surface area contributed by atoms with Crippen LogP contribution in [0.5, 0.6) is 0 Å². The monoisotopic (exact) mass is 358 g/mol. The summed E-state index contributed by atoms with van der Waals surface area (Å²) in [5, 5.41) is 12.8. The van der Waals surface area contributed by atoms with E-state index in [0.29, 0.717) is 5.56 Å². The van der Waals surface area contributed by atoms with E-state index in [-0.39, 0.29) is 19.8 Å². The van der Waals surface area contributed by atoms with Crippen molar-refractivity contribution < 1.29 is 23.8 Å². The molecule has 0 spiro atoms. The van der Waals surface area contributed by atoms with Crippen molar-refractivity contribution in [3.8, 4) is 6.07 Å². The van der Waals surface area contributed by atoms with Gasteiger partial charge in [0.25, 0.3) is 5.91 Å². The van der Waals surface area contributed by atoms with E-state index in [1.165, 1.54) is 0 Å². The van der Waals surface area contributed by atoms with Gasteiger partial charge in [-0.15, -0.1) is 0 Å². The zero-order chi connectivity index (χ0) is 19.0. The Kier molecular flexibility index (Phi) is 4.51. The number of piperidine rings is 1. The number of nitriles is 1. The van der Waals surface area contributed by atoms with E-state index in [9.17, 15) is 14.9 Å². The summed E-state index contributed by atoms with van der Waals surface area (Å²) in [6.07, 6.45) is 0. The summed E-state index contributed by atoms with van der Waals surface area (Å²) >= 11 is 0. The number of hydrogen-bond acceptors (Lipinski definition) is 6. The lowest BCUT2D eigenvalue weighted by atomic mass is 9.94. The summed E-state index contributed by atoms with van der Waals surface area (Å²) in [4.78, 5) is 26.0. The van der Waals surface area contributed by atoms with Gasteiger partial charge in [-0.2, -0.15) is 5.26 Å². The number of hydrogen-bond donors (Lipinski definition) is 1. The Morgan fingerprint density at radius 3 is 2.27 bits per heavy atom. The van der Waals surface area contributed by atoms with Gasteiger partial charge in [-0.05, 0) is 26.3 Å². The normalized spacial score (nSPS) is 30.8. The molecular weight excluding hydrogens is 336 g/mol. The summed E-state index contributed by atoms with van der Waals surface area (Å²) in [6.45, 7) is 5.64. The highest BCUT2D eigenvalue weighted by Gasteiger charge is 2.98. The average Bonchev–Trinajstić information content (AvgIpc) is 3.23. The molecule has 138 valence electrons. The maximum Gasteiger partial charge on any atom is 0.324 e. The fourth-order valence-electron chi connectivity index (χ4n) is 4.32. The van der Waals surface area contributed by atoms with Crippen LogP contribution in [0.2, 0.25) is 0 Å². The zero-order valence-corrected chi connectivity index (χ0v) is 15.1. The minimum Gasteiger partial charge on any atom is -0.465 e. The topological polar surface area (TPSA) is 97.7 Å². The van der Waals surface area contributed by atoms with Crippen molar-refractivity contribution in [2.24, 2.45) is 10.8 Å². The van der Waals surface area contributed by atoms with Gasteiger partial charge in [-0.1, -0.05) is 30.3 Å². The lowest BCUT2D eigenvalue weighted by molar-refractivity contribution is -0.271. The molecule has 26 heavy (non-hydrogen) atoms. The molecular formula is C19H22N2O5. The molecule has 1 aliphatic heterocycles. The molecule has 1 N–H and O–H groups in total. The van der Waals surface area contributed by atoms with Crippen molar-refractivity contribution >= 4 is 11.9 Å². The minimum absolute atomic E-state index is 0.104. The summed E-state index contributed by atoms with van der Waals surface area (Å²) < 4.78 is 16.7. The van der Waals surface area contributed by atoms with Crippen LogP contribution in [0.15, 0.2) is 30.3 Å². The van der Waals surface area contributed by atoms with Crippen molar-refractivity contribution in [1.29, 1.82) is 5.26 Å². The second-order valence-electron chi connectivity index (χ2n) is 6.23. The van der Waals surface area contributed by atoms with Crippen LogP contribution in [0.3, 0.4) is 0 Å². The number of amides is 1. The molecule has 7 nitrogen and oxygen atoms in total. The first-order valence-corrected chi connectivity index (χ1v) is 8.76. The minimum atomic E-state index is -1.70. The Hall–Kier alpha value is -2.43. The quantitative estimate of drug-likeness (QED) is 0.453. The third kappa shape index (κ3) is 1.94. The lowest BCUT2D eigenvalue weighted by Crippen LogP contribution is -2.55. The molecule has 1 amide bonds. The Morgan fingerprint density at radius 1 is 1.15 bits per heavy atom. The van der Waals surface area contributed by atoms with Crippen LogP contribution in [0, 0.1) is 22.2 Å². The number of fused-ring (bicyclic) bond motifs is 1. The van der Waals surface area contributed by atoms with Crippen LogP contribution in [0.4, 0.5) is 0 Å². The highest BCUT2D eigenvalue weighted by Crippen LogP contribution is 2.81. The molecule has 1 aromatic rings. The second kappa shape index (κ2) is 6.38. The molecule has 1 saturated carbocycles. The number of benzene rings is 1. The SMILES string of the molecule is CCOC(=O)[C@@]12C(=O)NC(OCC)(OCC)[C@]1(C#N)[C@H]2c1ccccc1. The number of ether oxygens (including phenoxy) is 3. The van der Waals surface area contributed by atoms with Crippen molar-refractivity contribution in [3.05, 3.63) is 35.9 Å². The van der Waals surface area contributed by atoms with E-state index in [4.69, 9.17) is 14.2 Å². The van der Waals surface area contributed by atoms with Crippen LogP contribution in [0.25, 0.3) is 0 Å². The average molecular weight is 358 g/mol. The number of rotatable bonds is 7. The number of esters is 1. The Labute approximate surface area is 152 Å². The zero-order valence-electron chi connectivity index (χ0n) is 15.1. The third-order valence-corrected chi connectivity index (χ3v) is 5.16. The number of nitrogens with zero attached hydrogens (tertiary/aromatic N) is 1. The van der Waals surface area contributed by atoms with Gasteiger partial charge in [0.2, 0.25) is 5.91 Å². The molecule has 3 atom stereocenters. The van der Waals surface area contributed by atoms with Gasteiger partial charge in [0.1, 0.15) is 0 Å². The predicted octanol–water partition coefficient (Wildman–Crippen LogP) is 1.70. The molecule has 0 aromatic heterocycles. The highest BCUT2D eigenvalue weighted by molar-refractivity contribution is 6.13. The van der Waals surface area contributed by atoms with Gasteiger partial charge in [0, 0.05) is 19.1 Å². The summed E-state index contributed by atoms with van der Waals surface area (Å²) in [5.41, 5.74) is -2.54. The summed E-state index contributed by atoms with van der Waals surface area (Å²) in [5.74, 6) is -3.75. The molecule has 1 heterocycles. The number of carbonyl (C=O) groups is 2. The summed E-state index contributed by atoms with van der Waals surface area (Å²) in [7, 11) is 0.